The molecule has 0 fully saturated rings. The average Bonchev–Trinajstić information content (AvgIpc) is 1.47. The average molecular weight is 1680 g/mol. The van der Waals surface area contributed by atoms with E-state index in [2.05, 4.69) is 515 Å². The summed E-state index contributed by atoms with van der Waals surface area (Å²) in [5.74, 6) is 0. The van der Waals surface area contributed by atoms with Crippen LogP contribution in [0.4, 0.5) is 68.2 Å². The molecular weight excluding hydrogens is 1550 g/mol. The van der Waals surface area contributed by atoms with Gasteiger partial charge in [0.1, 0.15) is 0 Å². The standard InChI is InChI=1S/C124H130N4/c1-115(2,3)79-43-59-87(60-44-79)125(88-61-45-80(46-62-88)116(4,5)6)107-75-103-111(99-39-31-27-35-95(99)107)112-100-40-32-28-36-96(100)108(126(89-63-47-81(48-64-89)117(7,8)9)90-65-49-82(50-66-90)118(10,11)12)76-104(112)123(103,25)124(26)105-77-109(127(91-67-51-83(52-68-91)119(13,14)15)92-69-53-84(54-70-92)120(16,17)18)97-37-29-33-41-101(97)113(105)114-102-42-34-30-38-98(102)110(78-106(114)124)128(93-71-55-85(56-72-93)121(19,20)21)94-73-57-86(58-74-94)122(22,23)24/h27-78H,1-26H3. The van der Waals surface area contributed by atoms with Gasteiger partial charge in [-0.15, -0.1) is 0 Å². The van der Waals surface area contributed by atoms with E-state index >= 15 is 0 Å². The van der Waals surface area contributed by atoms with Crippen molar-refractivity contribution in [3.8, 4) is 22.3 Å². The van der Waals surface area contributed by atoms with E-state index in [9.17, 15) is 0 Å². The van der Waals surface area contributed by atoms with Crippen molar-refractivity contribution in [1.29, 1.82) is 0 Å². The fraction of sp³-hybridized carbons (Fsp3) is 0.290. The molecule has 4 nitrogen and oxygen atoms in total. The van der Waals surface area contributed by atoms with Crippen LogP contribution in [0.15, 0.2) is 315 Å². The highest BCUT2D eigenvalue weighted by Crippen LogP contribution is 2.71. The van der Waals surface area contributed by atoms with Crippen LogP contribution in [-0.2, 0) is 54.1 Å². The topological polar surface area (TPSA) is 13.0 Å². The van der Waals surface area contributed by atoms with Crippen LogP contribution >= 0.6 is 0 Å². The zero-order valence-corrected chi connectivity index (χ0v) is 80.8. The zero-order chi connectivity index (χ0) is 90.9. The lowest BCUT2D eigenvalue weighted by molar-refractivity contribution is 0.377. The quantitative estimate of drug-likeness (QED) is 0.114. The second-order valence-corrected chi connectivity index (χ2v) is 45.4. The first-order valence-corrected chi connectivity index (χ1v) is 46.6. The molecule has 0 saturated heterocycles. The monoisotopic (exact) mass is 1680 g/mol. The smallest absolute Gasteiger partial charge is 0.0543 e. The van der Waals surface area contributed by atoms with E-state index in [0.29, 0.717) is 0 Å². The van der Waals surface area contributed by atoms with Gasteiger partial charge in [0.2, 0.25) is 0 Å². The van der Waals surface area contributed by atoms with Crippen LogP contribution in [0.5, 0.6) is 0 Å². The van der Waals surface area contributed by atoms with E-state index in [-0.39, 0.29) is 43.3 Å². The van der Waals surface area contributed by atoms with Crippen molar-refractivity contribution >= 4 is 111 Å². The van der Waals surface area contributed by atoms with Crippen LogP contribution < -0.4 is 19.6 Å². The number of hydrogen-bond acceptors (Lipinski definition) is 4. The van der Waals surface area contributed by atoms with Crippen molar-refractivity contribution in [1.82, 2.24) is 0 Å². The Morgan fingerprint density at radius 1 is 0.156 bits per heavy atom. The molecule has 0 aliphatic heterocycles. The fourth-order valence-corrected chi connectivity index (χ4v) is 20.8. The number of rotatable bonds is 13. The van der Waals surface area contributed by atoms with Crippen LogP contribution in [0.2, 0.25) is 0 Å². The summed E-state index contributed by atoms with van der Waals surface area (Å²) >= 11 is 0. The number of fused-ring (bicyclic) bond motifs is 14. The van der Waals surface area contributed by atoms with Gasteiger partial charge in [-0.2, -0.15) is 0 Å². The van der Waals surface area contributed by atoms with Gasteiger partial charge in [-0.1, -0.05) is 374 Å². The number of anilines is 12. The molecule has 0 saturated carbocycles. The molecule has 2 aliphatic rings. The summed E-state index contributed by atoms with van der Waals surface area (Å²) in [6, 6.07) is 125. The Hall–Kier alpha value is -12.2. The Labute approximate surface area is 764 Å². The molecule has 0 spiro atoms. The molecule has 128 heavy (non-hydrogen) atoms. The highest BCUT2D eigenvalue weighted by atomic mass is 15.2. The van der Waals surface area contributed by atoms with Gasteiger partial charge in [-0.3, -0.25) is 0 Å². The van der Waals surface area contributed by atoms with Gasteiger partial charge in [-0.25, -0.2) is 0 Å². The molecule has 2 aliphatic carbocycles. The Morgan fingerprint density at radius 3 is 0.391 bits per heavy atom. The molecule has 0 radical (unpaired) electrons. The summed E-state index contributed by atoms with van der Waals surface area (Å²) in [4.78, 5) is 10.4. The van der Waals surface area contributed by atoms with Gasteiger partial charge >= 0.3 is 0 Å². The van der Waals surface area contributed by atoms with Crippen molar-refractivity contribution in [2.24, 2.45) is 0 Å². The van der Waals surface area contributed by atoms with Crippen molar-refractivity contribution in [3.05, 3.63) is 382 Å². The highest BCUT2D eigenvalue weighted by Gasteiger charge is 2.60. The maximum Gasteiger partial charge on any atom is 0.0543 e. The van der Waals surface area contributed by atoms with Gasteiger partial charge in [0.05, 0.1) is 22.7 Å². The predicted molar refractivity (Wildman–Crippen MR) is 555 cm³/mol. The molecule has 0 amide bonds. The summed E-state index contributed by atoms with van der Waals surface area (Å²) in [6.07, 6.45) is 0. The predicted octanol–water partition coefficient (Wildman–Crippen LogP) is 35.8. The third-order valence-corrected chi connectivity index (χ3v) is 28.6. The van der Waals surface area contributed by atoms with Crippen LogP contribution in [0.25, 0.3) is 65.3 Å². The molecule has 0 atom stereocenters. The van der Waals surface area contributed by atoms with Crippen molar-refractivity contribution in [2.75, 3.05) is 19.6 Å². The van der Waals surface area contributed by atoms with Gasteiger partial charge in [-0.05, 0) is 275 Å². The van der Waals surface area contributed by atoms with E-state index < -0.39 is 10.8 Å². The Bertz CT molecular complexity index is 5870. The minimum atomic E-state index is -0.995. The lowest BCUT2D eigenvalue weighted by Crippen LogP contribution is -2.44. The maximum atomic E-state index is 2.70. The van der Waals surface area contributed by atoms with Crippen molar-refractivity contribution in [2.45, 2.75) is 234 Å². The number of nitrogens with zero attached hydrogens (tertiary/aromatic N) is 4. The zero-order valence-electron chi connectivity index (χ0n) is 80.8. The van der Waals surface area contributed by atoms with Crippen LogP contribution in [0, 0.1) is 0 Å². The lowest BCUT2D eigenvalue weighted by atomic mass is 9.56. The summed E-state index contributed by atoms with van der Waals surface area (Å²) in [5.41, 5.74) is 30.9. The van der Waals surface area contributed by atoms with Crippen LogP contribution in [0.1, 0.15) is 247 Å². The molecule has 16 aromatic carbocycles. The van der Waals surface area contributed by atoms with Gasteiger partial charge in [0.25, 0.3) is 0 Å². The van der Waals surface area contributed by atoms with E-state index in [4.69, 9.17) is 0 Å². The summed E-state index contributed by atoms with van der Waals surface area (Å²) in [6.45, 7) is 61.2. The molecule has 16 aromatic rings. The first kappa shape index (κ1) is 86.5. The van der Waals surface area contributed by atoms with Crippen molar-refractivity contribution < 1.29 is 0 Å². The first-order valence-electron chi connectivity index (χ1n) is 46.6. The number of hydrogen-bond donors (Lipinski definition) is 0. The molecule has 0 N–H and O–H groups in total. The molecule has 4 heteroatoms. The van der Waals surface area contributed by atoms with E-state index in [0.717, 1.165) is 68.2 Å². The maximum absolute atomic E-state index is 2.70. The first-order chi connectivity index (χ1) is 60.3. The van der Waals surface area contributed by atoms with Crippen LogP contribution in [0.3, 0.4) is 0 Å². The Balaban J connectivity index is 1.05. The van der Waals surface area contributed by atoms with Crippen LogP contribution in [-0.4, -0.2) is 0 Å². The van der Waals surface area contributed by atoms with Gasteiger partial charge < -0.3 is 19.6 Å². The normalized spacial score (nSPS) is 14.0. The second-order valence-electron chi connectivity index (χ2n) is 45.4. The molecule has 18 rings (SSSR count). The summed E-state index contributed by atoms with van der Waals surface area (Å²) < 4.78 is 0. The Morgan fingerprint density at radius 2 is 0.273 bits per heavy atom. The Kier molecular flexibility index (Phi) is 20.8. The SMILES string of the molecule is CC(C)(C)c1ccc(N(c2ccc(C(C)(C)C)cc2)c2cc3c(c4ccccc24)-c2c(cc(N(c4ccc(C(C)(C)C)cc4)c4ccc(C(C)(C)C)cc4)c4ccccc24)C3(C)C2(C)c3cc(N(c4ccc(C(C)(C)C)cc4)c4ccc(C(C)(C)C)cc4)c4ccccc4c3-c3c2cc(N(c2ccc(C(C)(C)C)cc2)c2ccc(C(C)(C)C)cc2)c2ccccc32)cc1. The third kappa shape index (κ3) is 14.8. The fourth-order valence-electron chi connectivity index (χ4n) is 20.8. The van der Waals surface area contributed by atoms with E-state index in [1.807, 2.05) is 0 Å². The summed E-state index contributed by atoms with van der Waals surface area (Å²) in [5, 5.41) is 9.48. The minimum Gasteiger partial charge on any atom is -0.310 e. The van der Waals surface area contributed by atoms with Crippen molar-refractivity contribution in [3.63, 3.8) is 0 Å². The van der Waals surface area contributed by atoms with E-state index in [1.165, 1.54) is 132 Å². The lowest BCUT2D eigenvalue weighted by Gasteiger charge is -2.46. The number of benzene rings is 16. The van der Waals surface area contributed by atoms with Gasteiger partial charge in [0, 0.05) is 77.9 Å². The molecule has 0 aromatic heterocycles. The molecular formula is C124H130N4. The van der Waals surface area contributed by atoms with E-state index in [1.54, 1.807) is 0 Å². The largest absolute Gasteiger partial charge is 0.310 e. The molecule has 0 bridgehead atoms. The molecule has 0 unspecified atom stereocenters. The van der Waals surface area contributed by atoms with Gasteiger partial charge in [0.15, 0.2) is 0 Å². The minimum absolute atomic E-state index is 0.0795. The second kappa shape index (κ2) is 30.8. The highest BCUT2D eigenvalue weighted by molar-refractivity contribution is 6.21. The molecule has 646 valence electrons. The molecule has 0 heterocycles. The third-order valence-electron chi connectivity index (χ3n) is 28.6. The summed E-state index contributed by atoms with van der Waals surface area (Å²) in [7, 11) is 0.